The highest BCUT2D eigenvalue weighted by atomic mass is 16.3. The van der Waals surface area contributed by atoms with Gasteiger partial charge in [0.2, 0.25) is 0 Å². The van der Waals surface area contributed by atoms with Crippen LogP contribution >= 0.6 is 0 Å². The minimum Gasteiger partial charge on any atom is -0.467 e. The number of unbranched alkanes of at least 4 members (excludes halogenated alkanes) is 2. The van der Waals surface area contributed by atoms with Crippen LogP contribution in [0.15, 0.2) is 22.8 Å². The van der Waals surface area contributed by atoms with E-state index in [1.807, 2.05) is 6.07 Å². The van der Waals surface area contributed by atoms with Crippen LogP contribution in [0.25, 0.3) is 0 Å². The Balaban J connectivity index is 2.04. The third-order valence-electron chi connectivity index (χ3n) is 2.07. The Hall–Kier alpha value is -1.45. The lowest BCUT2D eigenvalue weighted by atomic mass is 10.2. The molecular formula is C11H18N2O2. The number of furan rings is 1. The summed E-state index contributed by atoms with van der Waals surface area (Å²) in [5.74, 6) is 0.763. The highest BCUT2D eigenvalue weighted by Gasteiger charge is 2.00. The smallest absolute Gasteiger partial charge is 0.315 e. The van der Waals surface area contributed by atoms with Crippen LogP contribution in [0.1, 0.15) is 31.9 Å². The maximum absolute atomic E-state index is 11.2. The van der Waals surface area contributed by atoms with E-state index < -0.39 is 0 Å². The summed E-state index contributed by atoms with van der Waals surface area (Å²) in [6.45, 7) is 3.31. The van der Waals surface area contributed by atoms with Crippen molar-refractivity contribution in [1.82, 2.24) is 10.6 Å². The van der Waals surface area contributed by atoms with E-state index in [2.05, 4.69) is 17.6 Å². The molecule has 0 bridgehead atoms. The molecule has 2 N–H and O–H groups in total. The average Bonchev–Trinajstić information content (AvgIpc) is 2.74. The van der Waals surface area contributed by atoms with Crippen molar-refractivity contribution in [1.29, 1.82) is 0 Å². The van der Waals surface area contributed by atoms with Gasteiger partial charge in [-0.15, -0.1) is 0 Å². The van der Waals surface area contributed by atoms with Gasteiger partial charge < -0.3 is 15.1 Å². The minimum atomic E-state index is -0.137. The third-order valence-corrected chi connectivity index (χ3v) is 2.07. The van der Waals surface area contributed by atoms with Gasteiger partial charge in [0.25, 0.3) is 0 Å². The maximum atomic E-state index is 11.2. The lowest BCUT2D eigenvalue weighted by molar-refractivity contribution is 0.239. The van der Waals surface area contributed by atoms with Crippen LogP contribution in [0.3, 0.4) is 0 Å². The first-order chi connectivity index (χ1) is 7.33. The summed E-state index contributed by atoms with van der Waals surface area (Å²) in [5.41, 5.74) is 0. The van der Waals surface area contributed by atoms with Crippen LogP contribution in [-0.4, -0.2) is 12.6 Å². The summed E-state index contributed by atoms with van der Waals surface area (Å²) in [7, 11) is 0. The van der Waals surface area contributed by atoms with Gasteiger partial charge in [0.15, 0.2) is 0 Å². The molecule has 1 rings (SSSR count). The zero-order valence-corrected chi connectivity index (χ0v) is 9.08. The topological polar surface area (TPSA) is 54.3 Å². The molecule has 0 spiro atoms. The summed E-state index contributed by atoms with van der Waals surface area (Å²) in [4.78, 5) is 11.2. The largest absolute Gasteiger partial charge is 0.467 e. The predicted molar refractivity (Wildman–Crippen MR) is 58.5 cm³/mol. The Morgan fingerprint density at radius 3 is 2.93 bits per heavy atom. The van der Waals surface area contributed by atoms with Crippen LogP contribution < -0.4 is 10.6 Å². The molecule has 4 nitrogen and oxygen atoms in total. The van der Waals surface area contributed by atoms with Crippen molar-refractivity contribution >= 4 is 6.03 Å². The third kappa shape index (κ3) is 5.10. The summed E-state index contributed by atoms with van der Waals surface area (Å²) >= 11 is 0. The van der Waals surface area contributed by atoms with E-state index in [9.17, 15) is 4.79 Å². The zero-order valence-electron chi connectivity index (χ0n) is 9.08. The first-order valence-corrected chi connectivity index (χ1v) is 5.37. The van der Waals surface area contributed by atoms with E-state index in [4.69, 9.17) is 4.42 Å². The van der Waals surface area contributed by atoms with Gasteiger partial charge in [0.05, 0.1) is 12.8 Å². The molecule has 0 radical (unpaired) electrons. The fraction of sp³-hybridized carbons (Fsp3) is 0.545. The van der Waals surface area contributed by atoms with Crippen LogP contribution in [0.2, 0.25) is 0 Å². The van der Waals surface area contributed by atoms with E-state index in [1.54, 1.807) is 12.3 Å². The quantitative estimate of drug-likeness (QED) is 0.708. The fourth-order valence-electron chi connectivity index (χ4n) is 1.22. The minimum absolute atomic E-state index is 0.137. The molecule has 0 unspecified atom stereocenters. The number of carbonyl (C=O) groups excluding carboxylic acids is 1. The van der Waals surface area contributed by atoms with Crippen LogP contribution in [0.4, 0.5) is 4.79 Å². The molecule has 0 aliphatic heterocycles. The van der Waals surface area contributed by atoms with Gasteiger partial charge in [0, 0.05) is 6.54 Å². The molecule has 0 aromatic carbocycles. The predicted octanol–water partition coefficient (Wildman–Crippen LogP) is 2.27. The van der Waals surface area contributed by atoms with Crippen molar-refractivity contribution in [3.05, 3.63) is 24.2 Å². The standard InChI is InChI=1S/C11H18N2O2/c1-2-3-4-7-12-11(14)13-9-10-6-5-8-15-10/h5-6,8H,2-4,7,9H2,1H3,(H2,12,13,14). The molecule has 0 atom stereocenters. The van der Waals surface area contributed by atoms with Crippen molar-refractivity contribution in [3.63, 3.8) is 0 Å². The van der Waals surface area contributed by atoms with Crippen molar-refractivity contribution in [2.45, 2.75) is 32.7 Å². The molecule has 0 aliphatic rings. The first kappa shape index (κ1) is 11.6. The summed E-state index contributed by atoms with van der Waals surface area (Å²) in [5, 5.41) is 5.51. The molecule has 84 valence electrons. The monoisotopic (exact) mass is 210 g/mol. The second-order valence-electron chi connectivity index (χ2n) is 3.40. The van der Waals surface area contributed by atoms with Gasteiger partial charge in [-0.2, -0.15) is 0 Å². The zero-order chi connectivity index (χ0) is 10.9. The second-order valence-corrected chi connectivity index (χ2v) is 3.40. The van der Waals surface area contributed by atoms with E-state index in [0.717, 1.165) is 31.6 Å². The van der Waals surface area contributed by atoms with Crippen LogP contribution in [0, 0.1) is 0 Å². The molecule has 1 aromatic heterocycles. The van der Waals surface area contributed by atoms with Crippen molar-refractivity contribution in [2.75, 3.05) is 6.54 Å². The van der Waals surface area contributed by atoms with Crippen molar-refractivity contribution in [2.24, 2.45) is 0 Å². The Morgan fingerprint density at radius 1 is 1.40 bits per heavy atom. The van der Waals surface area contributed by atoms with E-state index in [0.29, 0.717) is 6.54 Å². The molecule has 1 heterocycles. The van der Waals surface area contributed by atoms with Gasteiger partial charge in [0.1, 0.15) is 5.76 Å². The normalized spacial score (nSPS) is 9.93. The van der Waals surface area contributed by atoms with Crippen LogP contribution in [0.5, 0.6) is 0 Å². The average molecular weight is 210 g/mol. The number of nitrogens with one attached hydrogen (secondary N) is 2. The summed E-state index contributed by atoms with van der Waals surface area (Å²) < 4.78 is 5.08. The van der Waals surface area contributed by atoms with E-state index in [-0.39, 0.29) is 6.03 Å². The van der Waals surface area contributed by atoms with Crippen LogP contribution in [-0.2, 0) is 6.54 Å². The SMILES string of the molecule is CCCCCNC(=O)NCc1ccco1. The van der Waals surface area contributed by atoms with Gasteiger partial charge >= 0.3 is 6.03 Å². The van der Waals surface area contributed by atoms with Gasteiger partial charge in [-0.05, 0) is 18.6 Å². The Labute approximate surface area is 90.0 Å². The highest BCUT2D eigenvalue weighted by molar-refractivity contribution is 5.73. The fourth-order valence-corrected chi connectivity index (χ4v) is 1.22. The molecule has 0 saturated heterocycles. The number of amides is 2. The second kappa shape index (κ2) is 6.92. The number of urea groups is 1. The lowest BCUT2D eigenvalue weighted by Crippen LogP contribution is -2.35. The van der Waals surface area contributed by atoms with Crippen molar-refractivity contribution < 1.29 is 9.21 Å². The highest BCUT2D eigenvalue weighted by Crippen LogP contribution is 1.98. The number of carbonyl (C=O) groups is 1. The Morgan fingerprint density at radius 2 is 2.27 bits per heavy atom. The molecule has 2 amide bonds. The Kier molecular flexibility index (Phi) is 5.37. The molecule has 15 heavy (non-hydrogen) atoms. The molecule has 0 aliphatic carbocycles. The number of rotatable bonds is 6. The van der Waals surface area contributed by atoms with Gasteiger partial charge in [-0.3, -0.25) is 0 Å². The Bertz CT molecular complexity index is 270. The van der Waals surface area contributed by atoms with Crippen molar-refractivity contribution in [3.8, 4) is 0 Å². The molecule has 1 aromatic rings. The van der Waals surface area contributed by atoms with E-state index >= 15 is 0 Å². The molecule has 4 heteroatoms. The van der Waals surface area contributed by atoms with Gasteiger partial charge in [-0.25, -0.2) is 4.79 Å². The first-order valence-electron chi connectivity index (χ1n) is 5.37. The molecule has 0 saturated carbocycles. The number of hydrogen-bond donors (Lipinski definition) is 2. The molecular weight excluding hydrogens is 192 g/mol. The maximum Gasteiger partial charge on any atom is 0.315 e. The van der Waals surface area contributed by atoms with Gasteiger partial charge in [-0.1, -0.05) is 19.8 Å². The van der Waals surface area contributed by atoms with E-state index in [1.165, 1.54) is 0 Å². The molecule has 0 fully saturated rings. The summed E-state index contributed by atoms with van der Waals surface area (Å²) in [6.07, 6.45) is 4.94. The summed E-state index contributed by atoms with van der Waals surface area (Å²) in [6, 6.07) is 3.50. The number of hydrogen-bond acceptors (Lipinski definition) is 2. The lowest BCUT2D eigenvalue weighted by Gasteiger charge is -2.05.